The Morgan fingerprint density at radius 1 is 1.17 bits per heavy atom. The van der Waals surface area contributed by atoms with Crippen LogP contribution in [0.15, 0.2) is 42.6 Å². The monoisotopic (exact) mass is 420 g/mol. The Bertz CT molecular complexity index is 1110. The summed E-state index contributed by atoms with van der Waals surface area (Å²) in [6.45, 7) is 0. The molecule has 2 heterocycles. The molecule has 2 aromatic carbocycles. The average molecular weight is 421 g/mol. The van der Waals surface area contributed by atoms with E-state index in [0.717, 1.165) is 5.56 Å². The van der Waals surface area contributed by atoms with Crippen molar-refractivity contribution in [1.29, 1.82) is 0 Å². The van der Waals surface area contributed by atoms with Crippen molar-refractivity contribution in [1.82, 2.24) is 9.78 Å². The van der Waals surface area contributed by atoms with E-state index in [4.69, 9.17) is 11.6 Å². The van der Waals surface area contributed by atoms with Gasteiger partial charge in [0, 0.05) is 28.4 Å². The Kier molecular flexibility index (Phi) is 4.75. The van der Waals surface area contributed by atoms with Crippen molar-refractivity contribution in [2.24, 2.45) is 0 Å². The lowest BCUT2D eigenvalue weighted by molar-refractivity contribution is -0.125. The molecule has 0 aliphatic carbocycles. The number of aromatic nitrogens is 2. The van der Waals surface area contributed by atoms with Crippen LogP contribution in [0.5, 0.6) is 0 Å². The fourth-order valence-corrected chi connectivity index (χ4v) is 3.19. The molecule has 10 heteroatoms. The molecule has 0 radical (unpaired) electrons. The molecule has 0 saturated heterocycles. The summed E-state index contributed by atoms with van der Waals surface area (Å²) >= 11 is 5.89. The smallest absolute Gasteiger partial charge is 0.249 e. The van der Waals surface area contributed by atoms with Gasteiger partial charge in [-0.05, 0) is 17.7 Å². The summed E-state index contributed by atoms with van der Waals surface area (Å²) in [5.41, 5.74) is 1.02. The standard InChI is InChI=1S/C19H12ClF3N4O2/c20-10-3-1-9(2-4-10)12-8-24-27-15(7-16(28)26-18(12)27)19(29)25-11-5-13(21)17(23)14(22)6-11/h1-6,8,15H,7H2,(H,25,29)(H,26,28)/t15-/m0/s1. The Balaban J connectivity index is 1.66. The van der Waals surface area contributed by atoms with Gasteiger partial charge in [0.1, 0.15) is 11.9 Å². The molecule has 3 aromatic rings. The minimum Gasteiger partial charge on any atom is -0.324 e. The normalized spacial score (nSPS) is 15.6. The fraction of sp³-hybridized carbons (Fsp3) is 0.105. The summed E-state index contributed by atoms with van der Waals surface area (Å²) < 4.78 is 41.2. The van der Waals surface area contributed by atoms with Gasteiger partial charge in [-0.2, -0.15) is 5.10 Å². The lowest BCUT2D eigenvalue weighted by Crippen LogP contribution is -2.35. The summed E-state index contributed by atoms with van der Waals surface area (Å²) in [5.74, 6) is -5.36. The number of amides is 2. The highest BCUT2D eigenvalue weighted by Gasteiger charge is 2.33. The number of nitrogens with one attached hydrogen (secondary N) is 2. The van der Waals surface area contributed by atoms with Gasteiger partial charge in [0.25, 0.3) is 0 Å². The second-order valence-electron chi connectivity index (χ2n) is 6.37. The van der Waals surface area contributed by atoms with Crippen LogP contribution in [0.1, 0.15) is 12.5 Å². The highest BCUT2D eigenvalue weighted by atomic mass is 35.5. The molecule has 2 N–H and O–H groups in total. The molecule has 148 valence electrons. The Morgan fingerprint density at radius 3 is 2.48 bits per heavy atom. The molecule has 0 fully saturated rings. The quantitative estimate of drug-likeness (QED) is 0.625. The summed E-state index contributed by atoms with van der Waals surface area (Å²) in [7, 11) is 0. The van der Waals surface area contributed by atoms with Gasteiger partial charge in [-0.25, -0.2) is 17.9 Å². The molecule has 0 unspecified atom stereocenters. The zero-order valence-electron chi connectivity index (χ0n) is 14.5. The molecule has 0 bridgehead atoms. The van der Waals surface area contributed by atoms with Crippen LogP contribution in [-0.4, -0.2) is 21.6 Å². The first-order valence-corrected chi connectivity index (χ1v) is 8.80. The van der Waals surface area contributed by atoms with Crippen LogP contribution in [0, 0.1) is 17.5 Å². The molecular weight excluding hydrogens is 409 g/mol. The number of nitrogens with zero attached hydrogens (tertiary/aromatic N) is 2. The number of hydrogen-bond acceptors (Lipinski definition) is 3. The lowest BCUT2D eigenvalue weighted by atomic mass is 10.1. The molecule has 6 nitrogen and oxygen atoms in total. The maximum Gasteiger partial charge on any atom is 0.249 e. The van der Waals surface area contributed by atoms with Gasteiger partial charge < -0.3 is 10.6 Å². The average Bonchev–Trinajstić information content (AvgIpc) is 3.09. The van der Waals surface area contributed by atoms with E-state index in [1.807, 2.05) is 0 Å². The van der Waals surface area contributed by atoms with E-state index in [-0.39, 0.29) is 12.1 Å². The van der Waals surface area contributed by atoms with Crippen LogP contribution in [0.4, 0.5) is 24.7 Å². The molecular formula is C19H12ClF3N4O2. The Morgan fingerprint density at radius 2 is 1.83 bits per heavy atom. The molecule has 4 rings (SSSR count). The third-order valence-electron chi connectivity index (χ3n) is 4.44. The molecule has 0 spiro atoms. The Labute approximate surface area is 167 Å². The number of rotatable bonds is 3. The molecule has 0 saturated carbocycles. The minimum absolute atomic E-state index is 0.229. The number of fused-ring (bicyclic) bond motifs is 1. The summed E-state index contributed by atoms with van der Waals surface area (Å²) in [6, 6.07) is 7.07. The first kappa shape index (κ1) is 19.0. The highest BCUT2D eigenvalue weighted by molar-refractivity contribution is 6.30. The molecule has 1 aliphatic rings. The van der Waals surface area contributed by atoms with Gasteiger partial charge >= 0.3 is 0 Å². The van der Waals surface area contributed by atoms with Gasteiger partial charge in [-0.15, -0.1) is 0 Å². The van der Waals surface area contributed by atoms with Crippen molar-refractivity contribution in [3.8, 4) is 11.1 Å². The number of halogens is 4. The SMILES string of the molecule is O=C1C[C@@H](C(=O)Nc2cc(F)c(F)c(F)c2)n2ncc(-c3ccc(Cl)cc3)c2N1. The van der Waals surface area contributed by atoms with Crippen LogP contribution in [0.2, 0.25) is 5.02 Å². The number of carbonyl (C=O) groups excluding carboxylic acids is 2. The van der Waals surface area contributed by atoms with E-state index in [2.05, 4.69) is 15.7 Å². The van der Waals surface area contributed by atoms with E-state index >= 15 is 0 Å². The van der Waals surface area contributed by atoms with Crippen molar-refractivity contribution in [3.05, 3.63) is 65.1 Å². The topological polar surface area (TPSA) is 76.0 Å². The van der Waals surface area contributed by atoms with Crippen molar-refractivity contribution >= 4 is 34.9 Å². The third-order valence-corrected chi connectivity index (χ3v) is 4.69. The number of carbonyl (C=O) groups is 2. The third kappa shape index (κ3) is 3.56. The van der Waals surface area contributed by atoms with Crippen molar-refractivity contribution < 1.29 is 22.8 Å². The largest absolute Gasteiger partial charge is 0.324 e. The first-order valence-electron chi connectivity index (χ1n) is 8.42. The van der Waals surface area contributed by atoms with E-state index in [1.165, 1.54) is 10.9 Å². The minimum atomic E-state index is -1.64. The Hall–Kier alpha value is -3.33. The van der Waals surface area contributed by atoms with Crippen LogP contribution < -0.4 is 10.6 Å². The lowest BCUT2D eigenvalue weighted by Gasteiger charge is -2.24. The summed E-state index contributed by atoms with van der Waals surface area (Å²) in [5, 5.41) is 9.69. The second-order valence-corrected chi connectivity index (χ2v) is 6.81. The van der Waals surface area contributed by atoms with Gasteiger partial charge in [-0.1, -0.05) is 23.7 Å². The number of anilines is 2. The molecule has 1 aromatic heterocycles. The zero-order chi connectivity index (χ0) is 20.7. The van der Waals surface area contributed by atoms with Crippen LogP contribution in [-0.2, 0) is 9.59 Å². The summed E-state index contributed by atoms with van der Waals surface area (Å²) in [6.07, 6.45) is 1.26. The van der Waals surface area contributed by atoms with Gasteiger partial charge in [-0.3, -0.25) is 9.59 Å². The van der Waals surface area contributed by atoms with E-state index in [0.29, 0.717) is 28.5 Å². The van der Waals surface area contributed by atoms with Crippen molar-refractivity contribution in [2.45, 2.75) is 12.5 Å². The zero-order valence-corrected chi connectivity index (χ0v) is 15.3. The van der Waals surface area contributed by atoms with Crippen LogP contribution in [0.25, 0.3) is 11.1 Å². The van der Waals surface area contributed by atoms with Crippen molar-refractivity contribution in [2.75, 3.05) is 10.6 Å². The fourth-order valence-electron chi connectivity index (χ4n) is 3.07. The second kappa shape index (κ2) is 7.25. The maximum absolute atomic E-state index is 13.4. The number of benzene rings is 2. The van der Waals surface area contributed by atoms with E-state index < -0.39 is 35.3 Å². The van der Waals surface area contributed by atoms with Gasteiger partial charge in [0.2, 0.25) is 11.8 Å². The van der Waals surface area contributed by atoms with Crippen LogP contribution >= 0.6 is 11.6 Å². The highest BCUT2D eigenvalue weighted by Crippen LogP contribution is 2.35. The molecule has 29 heavy (non-hydrogen) atoms. The van der Waals surface area contributed by atoms with Gasteiger partial charge in [0.15, 0.2) is 17.5 Å². The van der Waals surface area contributed by atoms with E-state index in [9.17, 15) is 22.8 Å². The molecule has 1 aliphatic heterocycles. The number of hydrogen-bond donors (Lipinski definition) is 2. The van der Waals surface area contributed by atoms with Crippen LogP contribution in [0.3, 0.4) is 0 Å². The molecule has 1 atom stereocenters. The van der Waals surface area contributed by atoms with Crippen molar-refractivity contribution in [3.63, 3.8) is 0 Å². The van der Waals surface area contributed by atoms with E-state index in [1.54, 1.807) is 24.3 Å². The molecule has 2 amide bonds. The predicted molar refractivity (Wildman–Crippen MR) is 99.9 cm³/mol. The first-order chi connectivity index (χ1) is 13.8. The predicted octanol–water partition coefficient (Wildman–Crippen LogP) is 4.14. The maximum atomic E-state index is 13.4. The van der Waals surface area contributed by atoms with Gasteiger partial charge in [0.05, 0.1) is 12.6 Å². The summed E-state index contributed by atoms with van der Waals surface area (Å²) in [4.78, 5) is 24.8.